The van der Waals surface area contributed by atoms with E-state index in [0.29, 0.717) is 11.1 Å². The molecule has 0 saturated heterocycles. The molecule has 0 bridgehead atoms. The van der Waals surface area contributed by atoms with Crippen molar-refractivity contribution in [1.82, 2.24) is 10.4 Å². The molecule has 132 valence electrons. The van der Waals surface area contributed by atoms with Crippen molar-refractivity contribution in [2.45, 2.75) is 0 Å². The summed E-state index contributed by atoms with van der Waals surface area (Å²) in [7, 11) is 0. The lowest BCUT2D eigenvalue weighted by atomic mass is 10.1. The van der Waals surface area contributed by atoms with Gasteiger partial charge in [-0.1, -0.05) is 36.4 Å². The van der Waals surface area contributed by atoms with Gasteiger partial charge in [0.2, 0.25) is 0 Å². The fourth-order valence-electron chi connectivity index (χ4n) is 2.59. The van der Waals surface area contributed by atoms with Gasteiger partial charge in [-0.25, -0.2) is 10.4 Å². The number of hydrazone groups is 1. The summed E-state index contributed by atoms with van der Waals surface area (Å²) in [6, 6.07) is 21.9. The first kappa shape index (κ1) is 16.9. The van der Waals surface area contributed by atoms with Gasteiger partial charge in [0.1, 0.15) is 10.8 Å². The Labute approximate surface area is 159 Å². The Balaban J connectivity index is 1.46. The lowest BCUT2D eigenvalue weighted by molar-refractivity contribution is 0.0955. The molecule has 1 amide bonds. The SMILES string of the molecule is O=C(N/N=C/c1cccc(O)c1)c1ccc(-c2nc3ccccc3s2)cc1. The van der Waals surface area contributed by atoms with Crippen molar-refractivity contribution in [2.75, 3.05) is 0 Å². The number of phenolic OH excluding ortho intramolecular Hbond substituents is 1. The van der Waals surface area contributed by atoms with Gasteiger partial charge < -0.3 is 5.11 Å². The molecule has 3 aromatic carbocycles. The molecule has 0 radical (unpaired) electrons. The first-order valence-corrected chi connectivity index (χ1v) is 9.09. The molecule has 0 atom stereocenters. The molecule has 0 fully saturated rings. The highest BCUT2D eigenvalue weighted by Crippen LogP contribution is 2.29. The topological polar surface area (TPSA) is 74.6 Å². The lowest BCUT2D eigenvalue weighted by Gasteiger charge is -2.01. The Kier molecular flexibility index (Phi) is 4.63. The summed E-state index contributed by atoms with van der Waals surface area (Å²) in [4.78, 5) is 16.8. The quantitative estimate of drug-likeness (QED) is 0.410. The first-order valence-electron chi connectivity index (χ1n) is 8.27. The van der Waals surface area contributed by atoms with Gasteiger partial charge in [0.25, 0.3) is 5.91 Å². The number of aromatic hydroxyl groups is 1. The van der Waals surface area contributed by atoms with E-state index < -0.39 is 0 Å². The second-order valence-electron chi connectivity index (χ2n) is 5.86. The molecule has 6 heteroatoms. The van der Waals surface area contributed by atoms with E-state index in [4.69, 9.17) is 0 Å². The highest BCUT2D eigenvalue weighted by Gasteiger charge is 2.08. The van der Waals surface area contributed by atoms with Crippen molar-refractivity contribution in [3.05, 3.63) is 83.9 Å². The summed E-state index contributed by atoms with van der Waals surface area (Å²) in [5.74, 6) is -0.155. The molecule has 0 spiro atoms. The number of thiazole rings is 1. The maximum absolute atomic E-state index is 12.2. The summed E-state index contributed by atoms with van der Waals surface area (Å²) in [6.45, 7) is 0. The Bertz CT molecular complexity index is 1100. The van der Waals surface area contributed by atoms with Crippen LogP contribution < -0.4 is 5.43 Å². The lowest BCUT2D eigenvalue weighted by Crippen LogP contribution is -2.17. The molecule has 0 aliphatic carbocycles. The zero-order chi connectivity index (χ0) is 18.6. The van der Waals surface area contributed by atoms with Crippen molar-refractivity contribution < 1.29 is 9.90 Å². The molecule has 0 aliphatic heterocycles. The molecule has 0 aliphatic rings. The standard InChI is InChI=1S/C21H15N3O2S/c25-17-5-3-4-14(12-17)13-22-24-20(26)15-8-10-16(11-9-15)21-23-18-6-1-2-7-19(18)27-21/h1-13,25H,(H,24,26)/b22-13+. The van der Waals surface area contributed by atoms with Gasteiger partial charge in [-0.15, -0.1) is 11.3 Å². The van der Waals surface area contributed by atoms with Crippen LogP contribution in [0.3, 0.4) is 0 Å². The first-order chi connectivity index (χ1) is 13.2. The van der Waals surface area contributed by atoms with E-state index in [-0.39, 0.29) is 11.7 Å². The highest BCUT2D eigenvalue weighted by molar-refractivity contribution is 7.21. The number of amides is 1. The number of nitrogens with one attached hydrogen (secondary N) is 1. The third-order valence-electron chi connectivity index (χ3n) is 3.94. The summed E-state index contributed by atoms with van der Waals surface area (Å²) >= 11 is 1.62. The predicted octanol–water partition coefficient (Wildman–Crippen LogP) is 4.43. The summed E-state index contributed by atoms with van der Waals surface area (Å²) in [5.41, 5.74) is 5.63. The minimum Gasteiger partial charge on any atom is -0.508 e. The Hall–Kier alpha value is -3.51. The van der Waals surface area contributed by atoms with E-state index in [0.717, 1.165) is 20.8 Å². The predicted molar refractivity (Wildman–Crippen MR) is 108 cm³/mol. The molecule has 1 aromatic heterocycles. The minimum absolute atomic E-state index is 0.149. The average molecular weight is 373 g/mol. The Morgan fingerprint density at radius 2 is 1.85 bits per heavy atom. The van der Waals surface area contributed by atoms with Crippen molar-refractivity contribution in [2.24, 2.45) is 5.10 Å². The molecular weight excluding hydrogens is 358 g/mol. The van der Waals surface area contributed by atoms with E-state index in [1.54, 1.807) is 47.7 Å². The van der Waals surface area contributed by atoms with Gasteiger partial charge in [-0.2, -0.15) is 5.10 Å². The van der Waals surface area contributed by atoms with Crippen LogP contribution in [0, 0.1) is 0 Å². The third-order valence-corrected chi connectivity index (χ3v) is 5.02. The van der Waals surface area contributed by atoms with E-state index in [2.05, 4.69) is 15.5 Å². The number of carbonyl (C=O) groups is 1. The summed E-state index contributed by atoms with van der Waals surface area (Å²) in [6.07, 6.45) is 1.48. The monoisotopic (exact) mass is 373 g/mol. The van der Waals surface area contributed by atoms with Crippen molar-refractivity contribution in [3.63, 3.8) is 0 Å². The van der Waals surface area contributed by atoms with Crippen molar-refractivity contribution in [1.29, 1.82) is 0 Å². The highest BCUT2D eigenvalue weighted by atomic mass is 32.1. The van der Waals surface area contributed by atoms with E-state index in [1.807, 2.05) is 36.4 Å². The molecule has 4 aromatic rings. The minimum atomic E-state index is -0.303. The van der Waals surface area contributed by atoms with Gasteiger partial charge in [-0.3, -0.25) is 4.79 Å². The van der Waals surface area contributed by atoms with Gasteiger partial charge in [0.15, 0.2) is 0 Å². The number of phenols is 1. The second kappa shape index (κ2) is 7.39. The van der Waals surface area contributed by atoms with Crippen LogP contribution in [0.25, 0.3) is 20.8 Å². The fraction of sp³-hybridized carbons (Fsp3) is 0. The molecule has 2 N–H and O–H groups in total. The fourth-order valence-corrected chi connectivity index (χ4v) is 3.57. The molecular formula is C21H15N3O2S. The van der Waals surface area contributed by atoms with Gasteiger partial charge in [-0.05, 0) is 42.0 Å². The zero-order valence-electron chi connectivity index (χ0n) is 14.2. The van der Waals surface area contributed by atoms with E-state index in [9.17, 15) is 9.90 Å². The van der Waals surface area contributed by atoms with Crippen LogP contribution in [0.2, 0.25) is 0 Å². The molecule has 5 nitrogen and oxygen atoms in total. The molecule has 1 heterocycles. The number of benzene rings is 3. The van der Waals surface area contributed by atoms with Crippen LogP contribution >= 0.6 is 11.3 Å². The molecule has 0 saturated carbocycles. The smallest absolute Gasteiger partial charge is 0.271 e. The third kappa shape index (κ3) is 3.86. The van der Waals surface area contributed by atoms with Crippen LogP contribution in [0.4, 0.5) is 0 Å². The number of aromatic nitrogens is 1. The number of rotatable bonds is 4. The molecule has 27 heavy (non-hydrogen) atoms. The Morgan fingerprint density at radius 1 is 1.04 bits per heavy atom. The summed E-state index contributed by atoms with van der Waals surface area (Å²) in [5, 5.41) is 14.3. The maximum atomic E-state index is 12.2. The second-order valence-corrected chi connectivity index (χ2v) is 6.89. The van der Waals surface area contributed by atoms with Crippen LogP contribution in [0.1, 0.15) is 15.9 Å². The molecule has 4 rings (SSSR count). The number of nitrogens with zero attached hydrogens (tertiary/aromatic N) is 2. The van der Waals surface area contributed by atoms with E-state index in [1.165, 1.54) is 6.21 Å². The number of hydrogen-bond donors (Lipinski definition) is 2. The van der Waals surface area contributed by atoms with Crippen molar-refractivity contribution >= 4 is 33.7 Å². The number of fused-ring (bicyclic) bond motifs is 1. The van der Waals surface area contributed by atoms with E-state index >= 15 is 0 Å². The van der Waals surface area contributed by atoms with Crippen LogP contribution in [-0.2, 0) is 0 Å². The normalized spacial score (nSPS) is 11.1. The number of carbonyl (C=O) groups excluding carboxylic acids is 1. The maximum Gasteiger partial charge on any atom is 0.271 e. The van der Waals surface area contributed by atoms with Crippen LogP contribution in [0.15, 0.2) is 77.9 Å². The largest absolute Gasteiger partial charge is 0.508 e. The number of hydrogen-bond acceptors (Lipinski definition) is 5. The Morgan fingerprint density at radius 3 is 2.63 bits per heavy atom. The van der Waals surface area contributed by atoms with Crippen LogP contribution in [0.5, 0.6) is 5.75 Å². The number of para-hydroxylation sites is 1. The van der Waals surface area contributed by atoms with Gasteiger partial charge in [0.05, 0.1) is 16.4 Å². The average Bonchev–Trinajstić information content (AvgIpc) is 3.12. The van der Waals surface area contributed by atoms with Crippen LogP contribution in [-0.4, -0.2) is 22.2 Å². The zero-order valence-corrected chi connectivity index (χ0v) is 15.0. The molecule has 0 unspecified atom stereocenters. The van der Waals surface area contributed by atoms with Gasteiger partial charge >= 0.3 is 0 Å². The van der Waals surface area contributed by atoms with Gasteiger partial charge in [0, 0.05) is 11.1 Å². The van der Waals surface area contributed by atoms with Crippen molar-refractivity contribution in [3.8, 4) is 16.3 Å². The summed E-state index contributed by atoms with van der Waals surface area (Å²) < 4.78 is 1.13.